The van der Waals surface area contributed by atoms with Crippen LogP contribution in [-0.2, 0) is 4.79 Å². The lowest BCUT2D eigenvalue weighted by atomic mass is 10.1. The number of rotatable bonds is 5. The summed E-state index contributed by atoms with van der Waals surface area (Å²) in [6.45, 7) is 4.74. The van der Waals surface area contributed by atoms with E-state index in [4.69, 9.17) is 0 Å². The Morgan fingerprint density at radius 3 is 2.43 bits per heavy atom. The van der Waals surface area contributed by atoms with E-state index in [1.54, 1.807) is 0 Å². The second-order valence-corrected chi connectivity index (χ2v) is 5.94. The fraction of sp³-hybridized carbons (Fsp3) is 0.235. The molecule has 0 saturated carbocycles. The van der Waals surface area contributed by atoms with E-state index in [9.17, 15) is 4.79 Å². The SMILES string of the molecule is Cc1cc(C)cc(NCCC(=O)Nc2ccccc2Br)c1. The lowest BCUT2D eigenvalue weighted by Gasteiger charge is -2.10. The van der Waals surface area contributed by atoms with Gasteiger partial charge >= 0.3 is 0 Å². The lowest BCUT2D eigenvalue weighted by Crippen LogP contribution is -2.16. The number of nitrogens with one attached hydrogen (secondary N) is 2. The third-order valence-corrected chi connectivity index (χ3v) is 3.74. The molecule has 0 aromatic heterocycles. The Morgan fingerprint density at radius 1 is 1.10 bits per heavy atom. The van der Waals surface area contributed by atoms with Crippen molar-refractivity contribution in [2.45, 2.75) is 20.3 Å². The molecule has 2 rings (SSSR count). The van der Waals surface area contributed by atoms with Crippen molar-refractivity contribution < 1.29 is 4.79 Å². The number of amides is 1. The summed E-state index contributed by atoms with van der Waals surface area (Å²) in [5.41, 5.74) is 4.29. The topological polar surface area (TPSA) is 41.1 Å². The van der Waals surface area contributed by atoms with Crippen LogP contribution in [0.25, 0.3) is 0 Å². The van der Waals surface area contributed by atoms with Crippen LogP contribution in [0, 0.1) is 13.8 Å². The van der Waals surface area contributed by atoms with Crippen molar-refractivity contribution in [2.75, 3.05) is 17.2 Å². The molecule has 21 heavy (non-hydrogen) atoms. The molecule has 110 valence electrons. The van der Waals surface area contributed by atoms with Gasteiger partial charge in [0, 0.05) is 23.1 Å². The van der Waals surface area contributed by atoms with Gasteiger partial charge in [-0.15, -0.1) is 0 Å². The van der Waals surface area contributed by atoms with Gasteiger partial charge in [-0.25, -0.2) is 0 Å². The second kappa shape index (κ2) is 7.27. The first kappa shape index (κ1) is 15.6. The van der Waals surface area contributed by atoms with Gasteiger partial charge in [-0.1, -0.05) is 18.2 Å². The summed E-state index contributed by atoms with van der Waals surface area (Å²) >= 11 is 3.42. The third kappa shape index (κ3) is 4.90. The molecule has 0 atom stereocenters. The number of carbonyl (C=O) groups excluding carboxylic acids is 1. The molecule has 0 aliphatic carbocycles. The average molecular weight is 347 g/mol. The van der Waals surface area contributed by atoms with E-state index in [0.29, 0.717) is 13.0 Å². The van der Waals surface area contributed by atoms with Crippen LogP contribution in [0.5, 0.6) is 0 Å². The molecule has 0 spiro atoms. The van der Waals surface area contributed by atoms with Crippen molar-refractivity contribution in [3.63, 3.8) is 0 Å². The van der Waals surface area contributed by atoms with Gasteiger partial charge in [0.05, 0.1) is 5.69 Å². The van der Waals surface area contributed by atoms with E-state index in [1.807, 2.05) is 24.3 Å². The van der Waals surface area contributed by atoms with Crippen molar-refractivity contribution in [3.8, 4) is 0 Å². The smallest absolute Gasteiger partial charge is 0.226 e. The highest BCUT2D eigenvalue weighted by Gasteiger charge is 2.05. The predicted molar refractivity (Wildman–Crippen MR) is 91.8 cm³/mol. The Bertz CT molecular complexity index is 620. The van der Waals surface area contributed by atoms with Gasteiger partial charge in [-0.2, -0.15) is 0 Å². The molecular weight excluding hydrogens is 328 g/mol. The molecule has 2 N–H and O–H groups in total. The first-order chi connectivity index (χ1) is 10.0. The summed E-state index contributed by atoms with van der Waals surface area (Å²) < 4.78 is 0.889. The maximum Gasteiger partial charge on any atom is 0.226 e. The van der Waals surface area contributed by atoms with E-state index in [2.05, 4.69) is 58.6 Å². The number of hydrogen-bond acceptors (Lipinski definition) is 2. The van der Waals surface area contributed by atoms with Gasteiger partial charge in [0.25, 0.3) is 0 Å². The Hall–Kier alpha value is -1.81. The largest absolute Gasteiger partial charge is 0.385 e. The molecule has 0 fully saturated rings. The molecule has 3 nitrogen and oxygen atoms in total. The van der Waals surface area contributed by atoms with Crippen LogP contribution in [0.1, 0.15) is 17.5 Å². The molecular formula is C17H19BrN2O. The normalized spacial score (nSPS) is 10.2. The Labute approximate surface area is 133 Å². The summed E-state index contributed by atoms with van der Waals surface area (Å²) in [5, 5.41) is 6.18. The molecule has 2 aromatic rings. The van der Waals surface area contributed by atoms with Crippen LogP contribution in [0.3, 0.4) is 0 Å². The number of anilines is 2. The minimum atomic E-state index is -0.00113. The Morgan fingerprint density at radius 2 is 1.76 bits per heavy atom. The highest BCUT2D eigenvalue weighted by atomic mass is 79.9. The highest BCUT2D eigenvalue weighted by molar-refractivity contribution is 9.10. The molecule has 1 amide bonds. The fourth-order valence-electron chi connectivity index (χ4n) is 2.17. The number of carbonyl (C=O) groups is 1. The van der Waals surface area contributed by atoms with Crippen LogP contribution in [0.15, 0.2) is 46.9 Å². The molecule has 0 heterocycles. The minimum Gasteiger partial charge on any atom is -0.385 e. The van der Waals surface area contributed by atoms with Crippen LogP contribution >= 0.6 is 15.9 Å². The fourth-order valence-corrected chi connectivity index (χ4v) is 2.56. The second-order valence-electron chi connectivity index (χ2n) is 5.08. The van der Waals surface area contributed by atoms with Crippen molar-refractivity contribution >= 4 is 33.2 Å². The molecule has 4 heteroatoms. The van der Waals surface area contributed by atoms with Gasteiger partial charge in [-0.3, -0.25) is 4.79 Å². The van der Waals surface area contributed by atoms with Gasteiger partial charge < -0.3 is 10.6 Å². The van der Waals surface area contributed by atoms with Crippen LogP contribution < -0.4 is 10.6 Å². The average Bonchev–Trinajstić information content (AvgIpc) is 2.40. The van der Waals surface area contributed by atoms with Crippen molar-refractivity contribution in [1.29, 1.82) is 0 Å². The van der Waals surface area contributed by atoms with Gasteiger partial charge in [0.15, 0.2) is 0 Å². The maximum atomic E-state index is 11.9. The summed E-state index contributed by atoms with van der Waals surface area (Å²) in [4.78, 5) is 11.9. The van der Waals surface area contributed by atoms with Crippen LogP contribution in [-0.4, -0.2) is 12.5 Å². The number of benzene rings is 2. The highest BCUT2D eigenvalue weighted by Crippen LogP contribution is 2.21. The van der Waals surface area contributed by atoms with Crippen molar-refractivity contribution in [2.24, 2.45) is 0 Å². The molecule has 0 unspecified atom stereocenters. The first-order valence-electron chi connectivity index (χ1n) is 6.91. The van der Waals surface area contributed by atoms with Gasteiger partial charge in [-0.05, 0) is 65.2 Å². The first-order valence-corrected chi connectivity index (χ1v) is 7.70. The monoisotopic (exact) mass is 346 g/mol. The number of halogens is 1. The van der Waals surface area contributed by atoms with Gasteiger partial charge in [0.1, 0.15) is 0 Å². The third-order valence-electron chi connectivity index (χ3n) is 3.05. The van der Waals surface area contributed by atoms with Crippen LogP contribution in [0.4, 0.5) is 11.4 Å². The predicted octanol–water partition coefficient (Wildman–Crippen LogP) is 4.51. The summed E-state index contributed by atoms with van der Waals surface area (Å²) in [5.74, 6) is -0.00113. The summed E-state index contributed by atoms with van der Waals surface area (Å²) in [6.07, 6.45) is 0.425. The van der Waals surface area contributed by atoms with E-state index >= 15 is 0 Å². The van der Waals surface area contributed by atoms with Gasteiger partial charge in [0.2, 0.25) is 5.91 Å². The molecule has 0 aliphatic rings. The zero-order chi connectivity index (χ0) is 15.2. The maximum absolute atomic E-state index is 11.9. The number of aryl methyl sites for hydroxylation is 2. The summed E-state index contributed by atoms with van der Waals surface area (Å²) in [6, 6.07) is 13.9. The number of para-hydroxylation sites is 1. The quantitative estimate of drug-likeness (QED) is 0.836. The lowest BCUT2D eigenvalue weighted by molar-refractivity contribution is -0.115. The van der Waals surface area contributed by atoms with Crippen molar-refractivity contribution in [1.82, 2.24) is 0 Å². The Balaban J connectivity index is 1.83. The minimum absolute atomic E-state index is 0.00113. The van der Waals surface area contributed by atoms with E-state index in [0.717, 1.165) is 15.8 Å². The van der Waals surface area contributed by atoms with E-state index in [1.165, 1.54) is 11.1 Å². The zero-order valence-electron chi connectivity index (χ0n) is 12.2. The summed E-state index contributed by atoms with van der Waals surface area (Å²) in [7, 11) is 0. The molecule has 0 aliphatic heterocycles. The standard InChI is InChI=1S/C17H19BrN2O/c1-12-9-13(2)11-14(10-12)19-8-7-17(21)20-16-6-4-3-5-15(16)18/h3-6,9-11,19H,7-8H2,1-2H3,(H,20,21). The Kier molecular flexibility index (Phi) is 5.39. The molecule has 0 bridgehead atoms. The van der Waals surface area contributed by atoms with E-state index in [-0.39, 0.29) is 5.91 Å². The van der Waals surface area contributed by atoms with E-state index < -0.39 is 0 Å². The molecule has 0 radical (unpaired) electrons. The zero-order valence-corrected chi connectivity index (χ0v) is 13.8. The van der Waals surface area contributed by atoms with Crippen LogP contribution in [0.2, 0.25) is 0 Å². The number of hydrogen-bond donors (Lipinski definition) is 2. The van der Waals surface area contributed by atoms with Crippen molar-refractivity contribution in [3.05, 3.63) is 58.1 Å². The molecule has 2 aromatic carbocycles. The molecule has 0 saturated heterocycles.